The van der Waals surface area contributed by atoms with Gasteiger partial charge in [-0.2, -0.15) is 0 Å². The van der Waals surface area contributed by atoms with Crippen molar-refractivity contribution >= 4 is 0 Å². The standard InChI is InChI=1S/C23H31NO2/c1-17-4-6-18(7-5-17)14-19-12-13-23(26,21(15-19)16-24(2)3)20-8-10-22(25)11-9-20/h4-11,19,21,25-26H,12-16H2,1-3H3. The molecule has 3 nitrogen and oxygen atoms in total. The maximum atomic E-state index is 11.6. The lowest BCUT2D eigenvalue weighted by Crippen LogP contribution is -2.45. The molecule has 0 aliphatic heterocycles. The third kappa shape index (κ3) is 4.28. The molecule has 26 heavy (non-hydrogen) atoms. The van der Waals surface area contributed by atoms with Gasteiger partial charge in [-0.25, -0.2) is 0 Å². The second-order valence-corrected chi connectivity index (χ2v) is 8.26. The van der Waals surface area contributed by atoms with Crippen LogP contribution in [-0.2, 0) is 12.0 Å². The number of hydrogen-bond donors (Lipinski definition) is 2. The van der Waals surface area contributed by atoms with E-state index in [4.69, 9.17) is 0 Å². The lowest BCUT2D eigenvalue weighted by Gasteiger charge is -2.44. The average molecular weight is 354 g/mol. The van der Waals surface area contributed by atoms with E-state index in [1.54, 1.807) is 12.1 Å². The zero-order valence-corrected chi connectivity index (χ0v) is 16.2. The smallest absolute Gasteiger partial charge is 0.115 e. The Bertz CT molecular complexity index is 708. The maximum absolute atomic E-state index is 11.6. The first kappa shape index (κ1) is 18.9. The highest BCUT2D eigenvalue weighted by molar-refractivity contribution is 5.31. The average Bonchev–Trinajstić information content (AvgIpc) is 2.60. The summed E-state index contributed by atoms with van der Waals surface area (Å²) in [7, 11) is 4.14. The van der Waals surface area contributed by atoms with E-state index in [2.05, 4.69) is 50.2 Å². The molecule has 0 heterocycles. The van der Waals surface area contributed by atoms with Crippen LogP contribution in [0.3, 0.4) is 0 Å². The van der Waals surface area contributed by atoms with Gasteiger partial charge in [0, 0.05) is 12.5 Å². The summed E-state index contributed by atoms with van der Waals surface area (Å²) in [6.45, 7) is 2.98. The van der Waals surface area contributed by atoms with Gasteiger partial charge in [-0.3, -0.25) is 0 Å². The topological polar surface area (TPSA) is 43.7 Å². The Hall–Kier alpha value is -1.84. The van der Waals surface area contributed by atoms with Gasteiger partial charge < -0.3 is 15.1 Å². The molecule has 0 saturated heterocycles. The Morgan fingerprint density at radius 1 is 1.04 bits per heavy atom. The molecule has 1 aliphatic rings. The molecule has 3 atom stereocenters. The molecule has 1 aliphatic carbocycles. The molecular formula is C23H31NO2. The molecule has 2 aromatic rings. The Morgan fingerprint density at radius 2 is 1.69 bits per heavy atom. The van der Waals surface area contributed by atoms with E-state index in [1.165, 1.54) is 11.1 Å². The molecule has 1 saturated carbocycles. The van der Waals surface area contributed by atoms with Crippen molar-refractivity contribution in [3.8, 4) is 5.75 Å². The second-order valence-electron chi connectivity index (χ2n) is 8.26. The zero-order chi connectivity index (χ0) is 18.7. The molecule has 0 spiro atoms. The van der Waals surface area contributed by atoms with Gasteiger partial charge in [-0.1, -0.05) is 42.0 Å². The molecular weight excluding hydrogens is 322 g/mol. The largest absolute Gasteiger partial charge is 0.508 e. The SMILES string of the molecule is Cc1ccc(CC2CCC(O)(c3ccc(O)cc3)C(CN(C)C)C2)cc1. The third-order valence-corrected chi connectivity index (χ3v) is 5.82. The van der Waals surface area contributed by atoms with Gasteiger partial charge in [-0.05, 0) is 75.9 Å². The van der Waals surface area contributed by atoms with Crippen LogP contribution < -0.4 is 0 Å². The first-order valence-electron chi connectivity index (χ1n) is 9.59. The lowest BCUT2D eigenvalue weighted by atomic mass is 9.66. The highest BCUT2D eigenvalue weighted by Crippen LogP contribution is 2.45. The fourth-order valence-corrected chi connectivity index (χ4v) is 4.38. The number of hydrogen-bond acceptors (Lipinski definition) is 3. The number of aliphatic hydroxyl groups is 1. The molecule has 3 unspecified atom stereocenters. The molecule has 0 bridgehead atoms. The number of nitrogens with zero attached hydrogens (tertiary/aromatic N) is 1. The normalized spacial score (nSPS) is 26.2. The van der Waals surface area contributed by atoms with Crippen molar-refractivity contribution in [1.82, 2.24) is 4.90 Å². The van der Waals surface area contributed by atoms with Gasteiger partial charge in [-0.15, -0.1) is 0 Å². The van der Waals surface area contributed by atoms with Crippen LogP contribution in [0.25, 0.3) is 0 Å². The van der Waals surface area contributed by atoms with E-state index in [0.717, 1.165) is 37.8 Å². The van der Waals surface area contributed by atoms with E-state index >= 15 is 0 Å². The molecule has 0 amide bonds. The first-order chi connectivity index (χ1) is 12.4. The number of phenols is 1. The number of aryl methyl sites for hydroxylation is 1. The Balaban J connectivity index is 1.78. The van der Waals surface area contributed by atoms with Gasteiger partial charge in [0.05, 0.1) is 5.60 Å². The molecule has 140 valence electrons. The van der Waals surface area contributed by atoms with Crippen molar-refractivity contribution in [3.05, 3.63) is 65.2 Å². The van der Waals surface area contributed by atoms with Crippen LogP contribution in [0.5, 0.6) is 5.75 Å². The van der Waals surface area contributed by atoms with Crippen LogP contribution in [0.2, 0.25) is 0 Å². The highest BCUT2D eigenvalue weighted by atomic mass is 16.3. The van der Waals surface area contributed by atoms with Crippen LogP contribution >= 0.6 is 0 Å². The minimum Gasteiger partial charge on any atom is -0.508 e. The van der Waals surface area contributed by atoms with Crippen molar-refractivity contribution in [2.75, 3.05) is 20.6 Å². The fraction of sp³-hybridized carbons (Fsp3) is 0.478. The van der Waals surface area contributed by atoms with Crippen LogP contribution in [0.4, 0.5) is 0 Å². The number of aromatic hydroxyl groups is 1. The summed E-state index contributed by atoms with van der Waals surface area (Å²) in [4.78, 5) is 2.17. The fourth-order valence-electron chi connectivity index (χ4n) is 4.38. The Labute approximate surface area is 157 Å². The van der Waals surface area contributed by atoms with Crippen LogP contribution in [0.15, 0.2) is 48.5 Å². The highest BCUT2D eigenvalue weighted by Gasteiger charge is 2.43. The molecule has 3 heteroatoms. The summed E-state index contributed by atoms with van der Waals surface area (Å²) in [6, 6.07) is 15.9. The van der Waals surface area contributed by atoms with E-state index < -0.39 is 5.60 Å². The number of benzene rings is 2. The summed E-state index contributed by atoms with van der Waals surface area (Å²) in [5, 5.41) is 21.1. The summed E-state index contributed by atoms with van der Waals surface area (Å²) < 4.78 is 0. The molecule has 0 aromatic heterocycles. The quantitative estimate of drug-likeness (QED) is 0.850. The van der Waals surface area contributed by atoms with Crippen molar-refractivity contribution in [3.63, 3.8) is 0 Å². The van der Waals surface area contributed by atoms with E-state index in [9.17, 15) is 10.2 Å². The van der Waals surface area contributed by atoms with Crippen LogP contribution in [0, 0.1) is 18.8 Å². The van der Waals surface area contributed by atoms with Crippen LogP contribution in [0.1, 0.15) is 36.0 Å². The van der Waals surface area contributed by atoms with Crippen molar-refractivity contribution in [2.24, 2.45) is 11.8 Å². The summed E-state index contributed by atoms with van der Waals surface area (Å²) >= 11 is 0. The van der Waals surface area contributed by atoms with Crippen molar-refractivity contribution in [2.45, 2.75) is 38.2 Å². The maximum Gasteiger partial charge on any atom is 0.115 e. The Kier molecular flexibility index (Phi) is 5.69. The van der Waals surface area contributed by atoms with Crippen molar-refractivity contribution in [1.29, 1.82) is 0 Å². The monoisotopic (exact) mass is 353 g/mol. The minimum atomic E-state index is -0.818. The molecule has 2 aromatic carbocycles. The minimum absolute atomic E-state index is 0.186. The third-order valence-electron chi connectivity index (χ3n) is 5.82. The predicted octanol–water partition coefficient (Wildman–Crippen LogP) is 4.11. The first-order valence-corrected chi connectivity index (χ1v) is 9.59. The number of rotatable bonds is 5. The zero-order valence-electron chi connectivity index (χ0n) is 16.2. The molecule has 1 fully saturated rings. The van der Waals surface area contributed by atoms with Gasteiger partial charge in [0.25, 0.3) is 0 Å². The van der Waals surface area contributed by atoms with E-state index in [0.29, 0.717) is 5.92 Å². The number of phenolic OH excluding ortho intramolecular Hbond substituents is 1. The summed E-state index contributed by atoms with van der Waals surface area (Å²) in [5.74, 6) is 1.03. The van der Waals surface area contributed by atoms with E-state index in [-0.39, 0.29) is 11.7 Å². The van der Waals surface area contributed by atoms with Gasteiger partial charge in [0.1, 0.15) is 5.75 Å². The summed E-state index contributed by atoms with van der Waals surface area (Å²) in [6.07, 6.45) is 3.89. The predicted molar refractivity (Wildman–Crippen MR) is 106 cm³/mol. The Morgan fingerprint density at radius 3 is 2.31 bits per heavy atom. The van der Waals surface area contributed by atoms with Gasteiger partial charge >= 0.3 is 0 Å². The molecule has 0 radical (unpaired) electrons. The molecule has 3 rings (SSSR count). The van der Waals surface area contributed by atoms with Crippen LogP contribution in [-0.4, -0.2) is 35.8 Å². The van der Waals surface area contributed by atoms with E-state index in [1.807, 2.05) is 12.1 Å². The second kappa shape index (κ2) is 7.81. The summed E-state index contributed by atoms with van der Waals surface area (Å²) in [5.41, 5.74) is 2.79. The molecule has 2 N–H and O–H groups in total. The van der Waals surface area contributed by atoms with Gasteiger partial charge in [0.15, 0.2) is 0 Å². The lowest BCUT2D eigenvalue weighted by molar-refractivity contribution is -0.0752. The van der Waals surface area contributed by atoms with Crippen molar-refractivity contribution < 1.29 is 10.2 Å². The van der Waals surface area contributed by atoms with Gasteiger partial charge in [0.2, 0.25) is 0 Å².